The quantitative estimate of drug-likeness (QED) is 0.349. The molecule has 8 heteroatoms. The minimum Gasteiger partial charge on any atom is -0.455 e. The zero-order chi connectivity index (χ0) is 26.0. The topological polar surface area (TPSA) is 82.6 Å². The van der Waals surface area contributed by atoms with Gasteiger partial charge in [-0.1, -0.05) is 31.9 Å². The molecule has 2 amide bonds. The lowest BCUT2D eigenvalue weighted by Crippen LogP contribution is -2.51. The number of carbonyl (C=O) groups excluding carboxylic acids is 1. The van der Waals surface area contributed by atoms with Gasteiger partial charge in [-0.3, -0.25) is 9.88 Å². The number of anilines is 2. The molecule has 3 heterocycles. The van der Waals surface area contributed by atoms with Crippen LogP contribution in [0.1, 0.15) is 43.1 Å². The van der Waals surface area contributed by atoms with E-state index in [9.17, 15) is 4.79 Å². The van der Waals surface area contributed by atoms with Gasteiger partial charge in [-0.2, -0.15) is 0 Å². The predicted octanol–water partition coefficient (Wildman–Crippen LogP) is 5.65. The maximum Gasteiger partial charge on any atom is 0.317 e. The molecule has 0 aliphatic carbocycles. The zero-order valence-electron chi connectivity index (χ0n) is 22.2. The third-order valence-electron chi connectivity index (χ3n) is 6.46. The maximum atomic E-state index is 12.4. The van der Waals surface area contributed by atoms with Crippen LogP contribution >= 0.6 is 0 Å². The van der Waals surface area contributed by atoms with Crippen molar-refractivity contribution >= 4 is 17.5 Å². The Morgan fingerprint density at radius 1 is 1.03 bits per heavy atom. The Balaban J connectivity index is 1.29. The SMILES string of the molecule is CCCCCNC(=O)N1CCN(Cc2cccc(Nc3cc(Oc4ccc(C)nc4C)ccn3)c2)CC1. The van der Waals surface area contributed by atoms with Crippen molar-refractivity contribution in [1.82, 2.24) is 25.1 Å². The van der Waals surface area contributed by atoms with Crippen molar-refractivity contribution in [3.8, 4) is 11.5 Å². The van der Waals surface area contributed by atoms with Crippen molar-refractivity contribution in [3.63, 3.8) is 0 Å². The number of carbonyl (C=O) groups is 1. The minimum atomic E-state index is 0.0643. The molecular formula is C29H38N6O2. The van der Waals surface area contributed by atoms with E-state index in [1.165, 1.54) is 5.56 Å². The van der Waals surface area contributed by atoms with Crippen LogP contribution < -0.4 is 15.4 Å². The van der Waals surface area contributed by atoms with Crippen LogP contribution in [0.4, 0.5) is 16.3 Å². The van der Waals surface area contributed by atoms with Crippen LogP contribution in [0.5, 0.6) is 11.5 Å². The summed E-state index contributed by atoms with van der Waals surface area (Å²) in [6, 6.07) is 16.0. The number of unbranched alkanes of at least 4 members (excludes halogenated alkanes) is 2. The molecule has 4 rings (SSSR count). The third kappa shape index (κ3) is 7.92. The second kappa shape index (κ2) is 13.1. The van der Waals surface area contributed by atoms with Gasteiger partial charge in [0.25, 0.3) is 0 Å². The smallest absolute Gasteiger partial charge is 0.317 e. The molecule has 1 fully saturated rings. The highest BCUT2D eigenvalue weighted by molar-refractivity contribution is 5.74. The number of amides is 2. The average Bonchev–Trinajstić information content (AvgIpc) is 2.89. The molecular weight excluding hydrogens is 464 g/mol. The molecule has 1 aromatic carbocycles. The normalized spacial score (nSPS) is 13.9. The largest absolute Gasteiger partial charge is 0.455 e. The van der Waals surface area contributed by atoms with Crippen molar-refractivity contribution in [2.75, 3.05) is 38.0 Å². The summed E-state index contributed by atoms with van der Waals surface area (Å²) < 4.78 is 6.04. The number of hydrogen-bond donors (Lipinski definition) is 2. The van der Waals surface area contributed by atoms with Gasteiger partial charge in [-0.05, 0) is 56.2 Å². The number of nitrogens with one attached hydrogen (secondary N) is 2. The van der Waals surface area contributed by atoms with Crippen molar-refractivity contribution in [2.24, 2.45) is 0 Å². The number of piperazine rings is 1. The monoisotopic (exact) mass is 502 g/mol. The molecule has 0 unspecified atom stereocenters. The Bertz CT molecular complexity index is 1180. The van der Waals surface area contributed by atoms with Gasteiger partial charge >= 0.3 is 6.03 Å². The minimum absolute atomic E-state index is 0.0643. The molecule has 2 N–H and O–H groups in total. The van der Waals surface area contributed by atoms with Crippen LogP contribution in [0.3, 0.4) is 0 Å². The highest BCUT2D eigenvalue weighted by atomic mass is 16.5. The molecule has 8 nitrogen and oxygen atoms in total. The second-order valence-corrected chi connectivity index (χ2v) is 9.54. The Morgan fingerprint density at radius 2 is 1.86 bits per heavy atom. The highest BCUT2D eigenvalue weighted by Crippen LogP contribution is 2.26. The summed E-state index contributed by atoms with van der Waals surface area (Å²) in [5, 5.41) is 6.44. The van der Waals surface area contributed by atoms with Crippen molar-refractivity contribution < 1.29 is 9.53 Å². The lowest BCUT2D eigenvalue weighted by molar-refractivity contribution is 0.135. The predicted molar refractivity (Wildman–Crippen MR) is 148 cm³/mol. The molecule has 0 radical (unpaired) electrons. The molecule has 1 aliphatic rings. The molecule has 0 bridgehead atoms. The van der Waals surface area contributed by atoms with E-state index >= 15 is 0 Å². The average molecular weight is 503 g/mol. The van der Waals surface area contributed by atoms with E-state index in [1.54, 1.807) is 6.20 Å². The number of aryl methyl sites for hydroxylation is 2. The number of aromatic nitrogens is 2. The number of pyridine rings is 2. The first-order valence-corrected chi connectivity index (χ1v) is 13.2. The maximum absolute atomic E-state index is 12.4. The molecule has 3 aromatic rings. The third-order valence-corrected chi connectivity index (χ3v) is 6.46. The molecule has 37 heavy (non-hydrogen) atoms. The van der Waals surface area contributed by atoms with Gasteiger partial charge in [0.15, 0.2) is 0 Å². The van der Waals surface area contributed by atoms with Gasteiger partial charge in [0, 0.05) is 62.9 Å². The molecule has 0 atom stereocenters. The van der Waals surface area contributed by atoms with Crippen LogP contribution in [-0.2, 0) is 6.54 Å². The number of urea groups is 1. The second-order valence-electron chi connectivity index (χ2n) is 9.54. The molecule has 0 spiro atoms. The van der Waals surface area contributed by atoms with Gasteiger partial charge in [0.05, 0.1) is 5.69 Å². The molecule has 0 saturated carbocycles. The Kier molecular flexibility index (Phi) is 9.32. The first-order chi connectivity index (χ1) is 18.0. The number of benzene rings is 1. The van der Waals surface area contributed by atoms with E-state index in [1.807, 2.05) is 49.1 Å². The Morgan fingerprint density at radius 3 is 2.65 bits per heavy atom. The summed E-state index contributed by atoms with van der Waals surface area (Å²) in [5.41, 5.74) is 4.01. The van der Waals surface area contributed by atoms with Crippen LogP contribution in [0, 0.1) is 13.8 Å². The first kappa shape index (κ1) is 26.4. The fourth-order valence-electron chi connectivity index (χ4n) is 4.40. The van der Waals surface area contributed by atoms with E-state index in [-0.39, 0.29) is 6.03 Å². The Labute approximate surface area is 220 Å². The fraction of sp³-hybridized carbons (Fsp3) is 0.414. The summed E-state index contributed by atoms with van der Waals surface area (Å²) in [5.74, 6) is 2.15. The van der Waals surface area contributed by atoms with Crippen LogP contribution in [-0.4, -0.2) is 58.5 Å². The lowest BCUT2D eigenvalue weighted by Gasteiger charge is -2.34. The van der Waals surface area contributed by atoms with E-state index in [0.29, 0.717) is 11.6 Å². The van der Waals surface area contributed by atoms with Gasteiger partial charge < -0.3 is 20.3 Å². The zero-order valence-corrected chi connectivity index (χ0v) is 22.2. The van der Waals surface area contributed by atoms with Crippen molar-refractivity contribution in [2.45, 2.75) is 46.6 Å². The number of ether oxygens (including phenoxy) is 1. The van der Waals surface area contributed by atoms with Gasteiger partial charge in [0.1, 0.15) is 17.3 Å². The lowest BCUT2D eigenvalue weighted by atomic mass is 10.1. The van der Waals surface area contributed by atoms with Crippen molar-refractivity contribution in [1.29, 1.82) is 0 Å². The molecule has 1 saturated heterocycles. The highest BCUT2D eigenvalue weighted by Gasteiger charge is 2.20. The van der Waals surface area contributed by atoms with Gasteiger partial charge in [-0.25, -0.2) is 9.78 Å². The van der Waals surface area contributed by atoms with E-state index in [4.69, 9.17) is 4.74 Å². The standard InChI is InChI=1S/C29H38N6O2/c1-4-5-6-13-31-29(36)35-17-15-34(16-18-35)21-24-8-7-9-25(19-24)33-28-20-26(12-14-30-28)37-27-11-10-22(2)32-23(27)3/h7-12,14,19-20H,4-6,13,15-18,21H2,1-3H3,(H,30,33)(H,31,36). The van der Waals surface area contributed by atoms with Crippen LogP contribution in [0.15, 0.2) is 54.7 Å². The molecule has 1 aliphatic heterocycles. The Hall–Kier alpha value is -3.65. The van der Waals surface area contributed by atoms with Crippen LogP contribution in [0.25, 0.3) is 0 Å². The number of hydrogen-bond acceptors (Lipinski definition) is 6. The van der Waals surface area contributed by atoms with E-state index < -0.39 is 0 Å². The van der Waals surface area contributed by atoms with Gasteiger partial charge in [-0.15, -0.1) is 0 Å². The summed E-state index contributed by atoms with van der Waals surface area (Å²) in [4.78, 5) is 25.6. The summed E-state index contributed by atoms with van der Waals surface area (Å²) in [7, 11) is 0. The van der Waals surface area contributed by atoms with E-state index in [2.05, 4.69) is 50.6 Å². The molecule has 196 valence electrons. The van der Waals surface area contributed by atoms with Gasteiger partial charge in [0.2, 0.25) is 0 Å². The van der Waals surface area contributed by atoms with E-state index in [0.717, 1.165) is 81.4 Å². The summed E-state index contributed by atoms with van der Waals surface area (Å²) >= 11 is 0. The van der Waals surface area contributed by atoms with Crippen LogP contribution in [0.2, 0.25) is 0 Å². The fourth-order valence-corrected chi connectivity index (χ4v) is 4.40. The number of nitrogens with zero attached hydrogens (tertiary/aromatic N) is 4. The number of rotatable bonds is 10. The first-order valence-electron chi connectivity index (χ1n) is 13.2. The summed E-state index contributed by atoms with van der Waals surface area (Å²) in [6.45, 7) is 10.9. The van der Waals surface area contributed by atoms with Crippen molar-refractivity contribution in [3.05, 3.63) is 71.7 Å². The molecule has 2 aromatic heterocycles. The summed E-state index contributed by atoms with van der Waals surface area (Å²) in [6.07, 6.45) is 5.09.